The van der Waals surface area contributed by atoms with E-state index in [-0.39, 0.29) is 5.75 Å². The van der Waals surface area contributed by atoms with E-state index in [1.807, 2.05) is 6.92 Å². The molecule has 9 heteroatoms. The number of hydrogen-bond donors (Lipinski definition) is 2. The number of hydrazone groups is 1. The predicted octanol–water partition coefficient (Wildman–Crippen LogP) is 2.49. The SMILES string of the molecule is CCOc1ccc(N([C@@H](C)C(=O)N/N=C(/C)c2ccccc2O)S(C)(=O)=O)cc1. The van der Waals surface area contributed by atoms with Crippen LogP contribution in [0.5, 0.6) is 11.5 Å². The Bertz CT molecular complexity index is 987. The Kier molecular flexibility index (Phi) is 7.22. The number of nitrogens with one attached hydrogen (secondary N) is 1. The number of carbonyl (C=O) groups excluding carboxylic acids is 1. The zero-order chi connectivity index (χ0) is 21.6. The van der Waals surface area contributed by atoms with Crippen LogP contribution in [0.15, 0.2) is 53.6 Å². The molecule has 2 N–H and O–H groups in total. The summed E-state index contributed by atoms with van der Waals surface area (Å²) < 4.78 is 31.1. The summed E-state index contributed by atoms with van der Waals surface area (Å²) in [4.78, 5) is 12.6. The molecule has 8 nitrogen and oxygen atoms in total. The number of para-hydroxylation sites is 1. The summed E-state index contributed by atoms with van der Waals surface area (Å²) in [7, 11) is -3.74. The summed E-state index contributed by atoms with van der Waals surface area (Å²) >= 11 is 0. The van der Waals surface area contributed by atoms with Crippen molar-refractivity contribution in [2.45, 2.75) is 26.8 Å². The molecule has 0 aliphatic rings. The zero-order valence-corrected chi connectivity index (χ0v) is 17.6. The van der Waals surface area contributed by atoms with Crippen LogP contribution in [0.2, 0.25) is 0 Å². The van der Waals surface area contributed by atoms with Gasteiger partial charge in [0.25, 0.3) is 5.91 Å². The number of aromatic hydroxyl groups is 1. The maximum absolute atomic E-state index is 12.6. The van der Waals surface area contributed by atoms with Crippen LogP contribution in [0.1, 0.15) is 26.3 Å². The van der Waals surface area contributed by atoms with E-state index >= 15 is 0 Å². The van der Waals surface area contributed by atoms with Crippen LogP contribution in [0.25, 0.3) is 0 Å². The Morgan fingerprint density at radius 2 is 1.83 bits per heavy atom. The number of anilines is 1. The van der Waals surface area contributed by atoms with E-state index < -0.39 is 22.0 Å². The molecule has 1 amide bonds. The van der Waals surface area contributed by atoms with Gasteiger partial charge >= 0.3 is 0 Å². The van der Waals surface area contributed by atoms with Gasteiger partial charge in [-0.05, 0) is 57.2 Å². The largest absolute Gasteiger partial charge is 0.507 e. The molecule has 0 aliphatic heterocycles. The molecule has 0 spiro atoms. The van der Waals surface area contributed by atoms with Gasteiger partial charge in [0.05, 0.1) is 24.3 Å². The minimum atomic E-state index is -3.74. The van der Waals surface area contributed by atoms with Crippen molar-refractivity contribution in [2.24, 2.45) is 5.10 Å². The van der Waals surface area contributed by atoms with Crippen LogP contribution in [0.4, 0.5) is 5.69 Å². The molecule has 2 aromatic rings. The Hall–Kier alpha value is -3.07. The van der Waals surface area contributed by atoms with Gasteiger partial charge in [0.1, 0.15) is 17.5 Å². The first-order chi connectivity index (χ1) is 13.6. The molecule has 29 heavy (non-hydrogen) atoms. The van der Waals surface area contributed by atoms with Gasteiger partial charge in [-0.1, -0.05) is 12.1 Å². The highest BCUT2D eigenvalue weighted by atomic mass is 32.2. The van der Waals surface area contributed by atoms with E-state index in [0.717, 1.165) is 10.6 Å². The smallest absolute Gasteiger partial charge is 0.263 e. The highest BCUT2D eigenvalue weighted by molar-refractivity contribution is 7.92. The monoisotopic (exact) mass is 419 g/mol. The predicted molar refractivity (Wildman–Crippen MR) is 113 cm³/mol. The number of amides is 1. The molecule has 0 radical (unpaired) electrons. The first-order valence-corrected chi connectivity index (χ1v) is 10.8. The third-order valence-corrected chi connectivity index (χ3v) is 5.36. The van der Waals surface area contributed by atoms with Gasteiger partial charge in [-0.3, -0.25) is 9.10 Å². The van der Waals surface area contributed by atoms with Crippen molar-refractivity contribution in [3.63, 3.8) is 0 Å². The number of ether oxygens (including phenoxy) is 1. The van der Waals surface area contributed by atoms with Crippen LogP contribution < -0.4 is 14.5 Å². The molecule has 0 aromatic heterocycles. The van der Waals surface area contributed by atoms with Crippen LogP contribution in [-0.2, 0) is 14.8 Å². The third-order valence-electron chi connectivity index (χ3n) is 4.12. The number of benzene rings is 2. The van der Waals surface area contributed by atoms with Gasteiger partial charge in [0, 0.05) is 5.56 Å². The molecule has 0 saturated heterocycles. The van der Waals surface area contributed by atoms with E-state index in [1.165, 1.54) is 13.0 Å². The van der Waals surface area contributed by atoms with Gasteiger partial charge in [-0.15, -0.1) is 0 Å². The Morgan fingerprint density at radius 3 is 2.38 bits per heavy atom. The van der Waals surface area contributed by atoms with Crippen molar-refractivity contribution in [2.75, 3.05) is 17.2 Å². The zero-order valence-electron chi connectivity index (χ0n) is 16.8. The average Bonchev–Trinajstić information content (AvgIpc) is 2.66. The number of nitrogens with zero attached hydrogens (tertiary/aromatic N) is 2. The van der Waals surface area contributed by atoms with Crippen molar-refractivity contribution >= 4 is 27.3 Å². The number of hydrogen-bond acceptors (Lipinski definition) is 6. The summed E-state index contributed by atoms with van der Waals surface area (Å²) in [6.07, 6.45) is 1.03. The molecule has 2 rings (SSSR count). The van der Waals surface area contributed by atoms with E-state index in [4.69, 9.17) is 4.74 Å². The average molecular weight is 420 g/mol. The fourth-order valence-electron chi connectivity index (χ4n) is 2.74. The van der Waals surface area contributed by atoms with Gasteiger partial charge in [-0.25, -0.2) is 13.8 Å². The highest BCUT2D eigenvalue weighted by Gasteiger charge is 2.29. The lowest BCUT2D eigenvalue weighted by Gasteiger charge is -2.27. The molecule has 1 atom stereocenters. The van der Waals surface area contributed by atoms with E-state index in [1.54, 1.807) is 49.4 Å². The third kappa shape index (κ3) is 5.71. The number of rotatable bonds is 8. The van der Waals surface area contributed by atoms with Crippen LogP contribution in [0, 0.1) is 0 Å². The normalized spacial score (nSPS) is 12.9. The summed E-state index contributed by atoms with van der Waals surface area (Å²) in [6.45, 7) is 5.43. The lowest BCUT2D eigenvalue weighted by atomic mass is 10.1. The maximum atomic E-state index is 12.6. The molecule has 156 valence electrons. The highest BCUT2D eigenvalue weighted by Crippen LogP contribution is 2.24. The number of sulfonamides is 1. The maximum Gasteiger partial charge on any atom is 0.263 e. The van der Waals surface area contributed by atoms with Crippen molar-refractivity contribution in [3.8, 4) is 11.5 Å². The summed E-state index contributed by atoms with van der Waals surface area (Å²) in [5.41, 5.74) is 3.55. The first kappa shape index (κ1) is 22.2. The van der Waals surface area contributed by atoms with Crippen LogP contribution in [0.3, 0.4) is 0 Å². The number of carbonyl (C=O) groups is 1. The minimum Gasteiger partial charge on any atom is -0.507 e. The molecule has 0 saturated carbocycles. The Labute approximate surface area is 170 Å². The lowest BCUT2D eigenvalue weighted by molar-refractivity contribution is -0.121. The van der Waals surface area contributed by atoms with Crippen LogP contribution in [-0.4, -0.2) is 44.0 Å². The molecular formula is C20H25N3O5S. The quantitative estimate of drug-likeness (QED) is 0.505. The minimum absolute atomic E-state index is 0.0307. The Morgan fingerprint density at radius 1 is 1.21 bits per heavy atom. The van der Waals surface area contributed by atoms with E-state index in [0.29, 0.717) is 29.3 Å². The fourth-order valence-corrected chi connectivity index (χ4v) is 3.91. The van der Waals surface area contributed by atoms with Crippen molar-refractivity contribution in [1.29, 1.82) is 0 Å². The second-order valence-electron chi connectivity index (χ2n) is 6.35. The standard InChI is InChI=1S/C20H25N3O5S/c1-5-28-17-12-10-16(11-13-17)23(29(4,26)27)15(3)20(25)22-21-14(2)18-8-6-7-9-19(18)24/h6-13,15,24H,5H2,1-4H3,(H,22,25)/b21-14-/t15-/m0/s1. The molecule has 0 unspecified atom stereocenters. The summed E-state index contributed by atoms with van der Waals surface area (Å²) in [6, 6.07) is 12.0. The fraction of sp³-hybridized carbons (Fsp3) is 0.300. The van der Waals surface area contributed by atoms with E-state index in [2.05, 4.69) is 10.5 Å². The Balaban J connectivity index is 2.23. The lowest BCUT2D eigenvalue weighted by Crippen LogP contribution is -2.46. The second-order valence-corrected chi connectivity index (χ2v) is 8.21. The topological polar surface area (TPSA) is 108 Å². The first-order valence-electron chi connectivity index (χ1n) is 9.00. The molecule has 0 bridgehead atoms. The van der Waals surface area contributed by atoms with Crippen molar-refractivity contribution in [1.82, 2.24) is 5.43 Å². The molecule has 0 fully saturated rings. The van der Waals surface area contributed by atoms with Crippen molar-refractivity contribution in [3.05, 3.63) is 54.1 Å². The van der Waals surface area contributed by atoms with Crippen LogP contribution >= 0.6 is 0 Å². The van der Waals surface area contributed by atoms with Gasteiger partial charge in [0.15, 0.2) is 0 Å². The molecule has 0 heterocycles. The van der Waals surface area contributed by atoms with E-state index in [9.17, 15) is 18.3 Å². The van der Waals surface area contributed by atoms with Gasteiger partial charge in [0.2, 0.25) is 10.0 Å². The molecule has 0 aliphatic carbocycles. The van der Waals surface area contributed by atoms with Gasteiger partial charge < -0.3 is 9.84 Å². The number of phenolic OH excluding ortho intramolecular Hbond substituents is 1. The molecule has 2 aromatic carbocycles. The van der Waals surface area contributed by atoms with Gasteiger partial charge in [-0.2, -0.15) is 5.10 Å². The number of phenols is 1. The molecular weight excluding hydrogens is 394 g/mol. The second kappa shape index (κ2) is 9.42. The van der Waals surface area contributed by atoms with Crippen molar-refractivity contribution < 1.29 is 23.1 Å². The summed E-state index contributed by atoms with van der Waals surface area (Å²) in [5.74, 6) is 0.0203. The summed E-state index contributed by atoms with van der Waals surface area (Å²) in [5, 5.41) is 13.9.